The molecule has 0 unspecified atom stereocenters. The third kappa shape index (κ3) is 2.29. The minimum Gasteiger partial charge on any atom is -0.331 e. The lowest BCUT2D eigenvalue weighted by atomic mass is 10.0. The van der Waals surface area contributed by atoms with Crippen LogP contribution in [0.1, 0.15) is 42.2 Å². The van der Waals surface area contributed by atoms with Crippen LogP contribution < -0.4 is 0 Å². The van der Waals surface area contributed by atoms with Crippen LogP contribution in [0.2, 0.25) is 0 Å². The molecule has 1 saturated heterocycles. The highest BCUT2D eigenvalue weighted by molar-refractivity contribution is 7.91. The predicted molar refractivity (Wildman–Crippen MR) is 54.9 cm³/mol. The van der Waals surface area contributed by atoms with E-state index in [2.05, 4.69) is 10.1 Å². The number of ketones is 1. The fourth-order valence-corrected chi connectivity index (χ4v) is 3.18. The first-order valence-corrected chi connectivity index (χ1v) is 6.85. The maximum atomic E-state index is 11.2. The summed E-state index contributed by atoms with van der Waals surface area (Å²) in [6, 6.07) is 0. The molecule has 0 radical (unpaired) electrons. The van der Waals surface area contributed by atoms with Crippen LogP contribution in [0, 0.1) is 0 Å². The van der Waals surface area contributed by atoms with E-state index in [4.69, 9.17) is 4.52 Å². The normalized spacial score (nSPS) is 20.8. The second-order valence-corrected chi connectivity index (χ2v) is 6.24. The predicted octanol–water partition coefficient (Wildman–Crippen LogP) is 0.564. The molecule has 6 nitrogen and oxygen atoms in total. The van der Waals surface area contributed by atoms with Crippen molar-refractivity contribution in [1.82, 2.24) is 10.1 Å². The van der Waals surface area contributed by atoms with Gasteiger partial charge >= 0.3 is 0 Å². The molecule has 1 fully saturated rings. The van der Waals surface area contributed by atoms with Gasteiger partial charge in [0, 0.05) is 12.8 Å². The van der Waals surface area contributed by atoms with E-state index in [9.17, 15) is 13.2 Å². The lowest BCUT2D eigenvalue weighted by Gasteiger charge is -2.18. The molecule has 0 aromatic carbocycles. The highest BCUT2D eigenvalue weighted by atomic mass is 32.2. The van der Waals surface area contributed by atoms with Gasteiger partial charge < -0.3 is 4.52 Å². The number of aromatic nitrogens is 2. The molecule has 0 N–H and O–H groups in total. The molecule has 1 aromatic heterocycles. The van der Waals surface area contributed by atoms with Crippen molar-refractivity contribution in [3.63, 3.8) is 0 Å². The number of rotatable bonds is 2. The Bertz CT molecular complexity index is 491. The smallest absolute Gasteiger partial charge is 0.293 e. The van der Waals surface area contributed by atoms with Gasteiger partial charge in [-0.15, -0.1) is 0 Å². The van der Waals surface area contributed by atoms with Crippen LogP contribution in [-0.2, 0) is 9.84 Å². The Morgan fingerprint density at radius 3 is 2.50 bits per heavy atom. The third-order valence-corrected chi connectivity index (χ3v) is 4.38. The zero-order valence-corrected chi connectivity index (χ0v) is 9.66. The summed E-state index contributed by atoms with van der Waals surface area (Å²) >= 11 is 0. The zero-order chi connectivity index (χ0) is 11.8. The van der Waals surface area contributed by atoms with Crippen molar-refractivity contribution in [2.24, 2.45) is 0 Å². The summed E-state index contributed by atoms with van der Waals surface area (Å²) in [5.41, 5.74) is 0. The zero-order valence-electron chi connectivity index (χ0n) is 8.84. The third-order valence-electron chi connectivity index (χ3n) is 2.66. The van der Waals surface area contributed by atoms with Crippen molar-refractivity contribution in [2.75, 3.05) is 11.5 Å². The lowest BCUT2D eigenvalue weighted by molar-refractivity contribution is 0.0972. The maximum Gasteiger partial charge on any atom is 0.293 e. The molecule has 0 amide bonds. The SMILES string of the molecule is CC(=O)c1nc(C2CCS(=O)(=O)CC2)no1. The monoisotopic (exact) mass is 244 g/mol. The number of carbonyl (C=O) groups is 1. The highest BCUT2D eigenvalue weighted by Gasteiger charge is 2.28. The summed E-state index contributed by atoms with van der Waals surface area (Å²) in [4.78, 5) is 14.9. The van der Waals surface area contributed by atoms with E-state index >= 15 is 0 Å². The van der Waals surface area contributed by atoms with Crippen molar-refractivity contribution >= 4 is 15.6 Å². The Kier molecular flexibility index (Phi) is 2.79. The molecule has 2 rings (SSSR count). The number of Topliss-reactive ketones (excluding diaryl/α,β-unsaturated/α-hetero) is 1. The average Bonchev–Trinajstić information content (AvgIpc) is 2.66. The van der Waals surface area contributed by atoms with Gasteiger partial charge in [-0.2, -0.15) is 4.98 Å². The summed E-state index contributed by atoms with van der Waals surface area (Å²) in [7, 11) is -2.89. The molecule has 16 heavy (non-hydrogen) atoms. The molecule has 0 spiro atoms. The van der Waals surface area contributed by atoms with Crippen molar-refractivity contribution in [2.45, 2.75) is 25.7 Å². The Balaban J connectivity index is 2.11. The van der Waals surface area contributed by atoms with Crippen LogP contribution in [0.4, 0.5) is 0 Å². The first kappa shape index (κ1) is 11.3. The molecule has 0 bridgehead atoms. The molecular formula is C9H12N2O4S. The summed E-state index contributed by atoms with van der Waals surface area (Å²) in [5.74, 6) is 0.453. The van der Waals surface area contributed by atoms with E-state index in [1.54, 1.807) is 0 Å². The van der Waals surface area contributed by atoms with Gasteiger partial charge in [0.2, 0.25) is 5.78 Å². The van der Waals surface area contributed by atoms with Gasteiger partial charge in [0.15, 0.2) is 5.82 Å². The number of hydrogen-bond donors (Lipinski definition) is 0. The summed E-state index contributed by atoms with van der Waals surface area (Å²) < 4.78 is 27.2. The minimum absolute atomic E-state index is 0.0107. The highest BCUT2D eigenvalue weighted by Crippen LogP contribution is 2.26. The van der Waals surface area contributed by atoms with Crippen LogP contribution in [0.5, 0.6) is 0 Å². The quantitative estimate of drug-likeness (QED) is 0.706. The van der Waals surface area contributed by atoms with E-state index in [0.29, 0.717) is 18.7 Å². The number of nitrogens with zero attached hydrogens (tertiary/aromatic N) is 2. The standard InChI is InChI=1S/C9H12N2O4S/c1-6(12)9-10-8(11-15-9)7-2-4-16(13,14)5-3-7/h7H,2-5H2,1H3. The van der Waals surface area contributed by atoms with Gasteiger partial charge in [0.05, 0.1) is 11.5 Å². The molecule has 0 atom stereocenters. The molecule has 0 aliphatic carbocycles. The van der Waals surface area contributed by atoms with E-state index in [0.717, 1.165) is 0 Å². The maximum absolute atomic E-state index is 11.2. The van der Waals surface area contributed by atoms with Crippen LogP contribution in [0.25, 0.3) is 0 Å². The van der Waals surface area contributed by atoms with E-state index in [1.165, 1.54) is 6.92 Å². The van der Waals surface area contributed by atoms with E-state index in [1.807, 2.05) is 0 Å². The van der Waals surface area contributed by atoms with Gasteiger partial charge in [-0.3, -0.25) is 4.79 Å². The summed E-state index contributed by atoms with van der Waals surface area (Å²) in [6.07, 6.45) is 0.998. The summed E-state index contributed by atoms with van der Waals surface area (Å²) in [6.45, 7) is 1.35. The first-order valence-electron chi connectivity index (χ1n) is 5.03. The molecule has 1 aromatic rings. The first-order chi connectivity index (χ1) is 7.48. The van der Waals surface area contributed by atoms with Crippen molar-refractivity contribution in [3.8, 4) is 0 Å². The van der Waals surface area contributed by atoms with E-state index < -0.39 is 9.84 Å². The van der Waals surface area contributed by atoms with E-state index in [-0.39, 0.29) is 29.1 Å². The topological polar surface area (TPSA) is 90.1 Å². The largest absolute Gasteiger partial charge is 0.331 e. The van der Waals surface area contributed by atoms with Crippen molar-refractivity contribution in [3.05, 3.63) is 11.7 Å². The van der Waals surface area contributed by atoms with Crippen LogP contribution in [0.15, 0.2) is 4.52 Å². The fraction of sp³-hybridized carbons (Fsp3) is 0.667. The minimum atomic E-state index is -2.89. The van der Waals surface area contributed by atoms with Gasteiger partial charge in [0.25, 0.3) is 5.89 Å². The van der Waals surface area contributed by atoms with Crippen LogP contribution >= 0.6 is 0 Å². The molecule has 1 aliphatic rings. The molecule has 0 saturated carbocycles. The Morgan fingerprint density at radius 1 is 1.38 bits per heavy atom. The number of sulfone groups is 1. The lowest BCUT2D eigenvalue weighted by Crippen LogP contribution is -2.22. The van der Waals surface area contributed by atoms with Gasteiger partial charge in [0.1, 0.15) is 9.84 Å². The molecule has 88 valence electrons. The van der Waals surface area contributed by atoms with Gasteiger partial charge in [-0.1, -0.05) is 5.16 Å². The molecular weight excluding hydrogens is 232 g/mol. The molecule has 2 heterocycles. The van der Waals surface area contributed by atoms with Crippen LogP contribution in [-0.4, -0.2) is 35.8 Å². The Morgan fingerprint density at radius 2 is 2.00 bits per heavy atom. The second kappa shape index (κ2) is 3.97. The number of hydrogen-bond acceptors (Lipinski definition) is 6. The summed E-state index contributed by atoms with van der Waals surface area (Å²) in [5, 5.41) is 3.71. The van der Waals surface area contributed by atoms with Crippen molar-refractivity contribution < 1.29 is 17.7 Å². The fourth-order valence-electron chi connectivity index (χ4n) is 1.69. The second-order valence-electron chi connectivity index (χ2n) is 3.94. The van der Waals surface area contributed by atoms with Gasteiger partial charge in [-0.25, -0.2) is 8.42 Å². The van der Waals surface area contributed by atoms with Crippen LogP contribution in [0.3, 0.4) is 0 Å². The van der Waals surface area contributed by atoms with Gasteiger partial charge in [-0.05, 0) is 12.8 Å². The molecule has 1 aliphatic heterocycles. The average molecular weight is 244 g/mol. The Labute approximate surface area is 93.0 Å². The Hall–Kier alpha value is -1.24. The van der Waals surface area contributed by atoms with Crippen molar-refractivity contribution in [1.29, 1.82) is 0 Å². The molecule has 7 heteroatoms. The number of carbonyl (C=O) groups excluding carboxylic acids is 1.